The molecule has 1 fully saturated rings. The van der Waals surface area contributed by atoms with Crippen molar-refractivity contribution < 1.29 is 13.9 Å². The van der Waals surface area contributed by atoms with Crippen LogP contribution in [0.2, 0.25) is 0 Å². The highest BCUT2D eigenvalue weighted by molar-refractivity contribution is 5.23. The monoisotopic (exact) mass is 270 g/mol. The third-order valence-corrected chi connectivity index (χ3v) is 3.23. The van der Waals surface area contributed by atoms with Gasteiger partial charge in [0, 0.05) is 32.4 Å². The lowest BCUT2D eigenvalue weighted by molar-refractivity contribution is 0.0650. The zero-order valence-corrected chi connectivity index (χ0v) is 11.6. The molecule has 0 amide bonds. The minimum absolute atomic E-state index is 0.0223. The van der Waals surface area contributed by atoms with Gasteiger partial charge in [-0.1, -0.05) is 5.10 Å². The molecule has 0 saturated carbocycles. The summed E-state index contributed by atoms with van der Waals surface area (Å²) < 4.78 is 15.9. The Morgan fingerprint density at radius 2 is 2.11 bits per heavy atom. The van der Waals surface area contributed by atoms with Crippen molar-refractivity contribution >= 4 is 6.01 Å². The highest BCUT2D eigenvalue weighted by Gasteiger charge is 2.28. The van der Waals surface area contributed by atoms with Gasteiger partial charge in [0.25, 0.3) is 0 Å². The van der Waals surface area contributed by atoms with Crippen molar-refractivity contribution in [1.29, 1.82) is 0 Å². The molecule has 0 unspecified atom stereocenters. The van der Waals surface area contributed by atoms with Crippen LogP contribution in [-0.2, 0) is 16.0 Å². The first kappa shape index (κ1) is 14.2. The van der Waals surface area contributed by atoms with Gasteiger partial charge in [-0.2, -0.15) is 0 Å². The molecule has 108 valence electrons. The molecule has 1 saturated heterocycles. The fraction of sp³-hybridized carbons (Fsp3) is 0.833. The Kier molecular flexibility index (Phi) is 5.12. The smallest absolute Gasteiger partial charge is 0.315 e. The van der Waals surface area contributed by atoms with Crippen molar-refractivity contribution in [3.8, 4) is 0 Å². The van der Waals surface area contributed by atoms with Crippen molar-refractivity contribution in [2.45, 2.75) is 31.8 Å². The maximum Gasteiger partial charge on any atom is 0.315 e. The van der Waals surface area contributed by atoms with Gasteiger partial charge < -0.3 is 24.5 Å². The van der Waals surface area contributed by atoms with Crippen LogP contribution in [0.3, 0.4) is 0 Å². The van der Waals surface area contributed by atoms with E-state index >= 15 is 0 Å². The minimum atomic E-state index is -0.0223. The molecule has 7 heteroatoms. The van der Waals surface area contributed by atoms with Gasteiger partial charge in [-0.25, -0.2) is 0 Å². The van der Waals surface area contributed by atoms with Gasteiger partial charge in [0.1, 0.15) is 0 Å². The van der Waals surface area contributed by atoms with Crippen molar-refractivity contribution in [2.75, 3.05) is 38.8 Å². The fourth-order valence-corrected chi connectivity index (χ4v) is 1.95. The standard InChI is InChI=1S/C12H22N4O3/c1-12(3-6-18-7-4-12)14-11-16-15-10(19-11)9-13-5-8-17-2/h13H,3-9H2,1-2H3,(H,14,16). The number of hydrogen-bond acceptors (Lipinski definition) is 7. The van der Waals surface area contributed by atoms with Gasteiger partial charge in [0.2, 0.25) is 5.89 Å². The highest BCUT2D eigenvalue weighted by Crippen LogP contribution is 2.24. The molecule has 1 aliphatic rings. The SMILES string of the molecule is COCCNCc1nnc(NC2(C)CCOCC2)o1. The van der Waals surface area contributed by atoms with Crippen LogP contribution in [0.15, 0.2) is 4.42 Å². The molecule has 1 aliphatic heterocycles. The second-order valence-electron chi connectivity index (χ2n) is 4.97. The van der Waals surface area contributed by atoms with Crippen molar-refractivity contribution in [2.24, 2.45) is 0 Å². The normalized spacial score (nSPS) is 18.4. The Bertz CT molecular complexity index is 377. The summed E-state index contributed by atoms with van der Waals surface area (Å²) >= 11 is 0. The molecule has 2 rings (SSSR count). The minimum Gasteiger partial charge on any atom is -0.407 e. The van der Waals surface area contributed by atoms with E-state index in [2.05, 4.69) is 27.8 Å². The van der Waals surface area contributed by atoms with E-state index in [4.69, 9.17) is 13.9 Å². The number of aromatic nitrogens is 2. The van der Waals surface area contributed by atoms with Crippen LogP contribution in [-0.4, -0.2) is 49.2 Å². The predicted molar refractivity (Wildman–Crippen MR) is 70.0 cm³/mol. The number of methoxy groups -OCH3 is 1. The summed E-state index contributed by atoms with van der Waals surface area (Å²) in [4.78, 5) is 0. The van der Waals surface area contributed by atoms with E-state index in [0.29, 0.717) is 25.1 Å². The molecule has 1 aromatic heterocycles. The highest BCUT2D eigenvalue weighted by atomic mass is 16.5. The zero-order valence-electron chi connectivity index (χ0n) is 11.6. The summed E-state index contributed by atoms with van der Waals surface area (Å²) in [5.41, 5.74) is -0.0223. The van der Waals surface area contributed by atoms with E-state index in [0.717, 1.165) is 32.6 Å². The molecule has 1 aromatic rings. The molecule has 2 N–H and O–H groups in total. The average Bonchev–Trinajstić information content (AvgIpc) is 2.82. The first-order chi connectivity index (χ1) is 9.22. The van der Waals surface area contributed by atoms with Gasteiger partial charge in [0.15, 0.2) is 0 Å². The van der Waals surface area contributed by atoms with E-state index in [1.165, 1.54) is 0 Å². The number of ether oxygens (including phenoxy) is 2. The summed E-state index contributed by atoms with van der Waals surface area (Å²) in [5.74, 6) is 0.578. The van der Waals surface area contributed by atoms with Gasteiger partial charge in [-0.3, -0.25) is 0 Å². The first-order valence-corrected chi connectivity index (χ1v) is 6.60. The van der Waals surface area contributed by atoms with Crippen LogP contribution in [0.25, 0.3) is 0 Å². The molecular weight excluding hydrogens is 248 g/mol. The molecule has 0 atom stereocenters. The van der Waals surface area contributed by atoms with Crippen LogP contribution in [0.1, 0.15) is 25.7 Å². The number of nitrogens with one attached hydrogen (secondary N) is 2. The Morgan fingerprint density at radius 1 is 1.32 bits per heavy atom. The number of anilines is 1. The topological polar surface area (TPSA) is 81.4 Å². The van der Waals surface area contributed by atoms with Crippen LogP contribution >= 0.6 is 0 Å². The van der Waals surface area contributed by atoms with Gasteiger partial charge in [-0.15, -0.1) is 5.10 Å². The van der Waals surface area contributed by atoms with E-state index in [9.17, 15) is 0 Å². The molecular formula is C12H22N4O3. The number of hydrogen-bond donors (Lipinski definition) is 2. The lowest BCUT2D eigenvalue weighted by Gasteiger charge is -2.33. The zero-order chi connectivity index (χ0) is 13.6. The second-order valence-corrected chi connectivity index (χ2v) is 4.97. The average molecular weight is 270 g/mol. The van der Waals surface area contributed by atoms with E-state index in [1.54, 1.807) is 7.11 Å². The molecule has 0 bridgehead atoms. The van der Waals surface area contributed by atoms with Gasteiger partial charge in [0.05, 0.1) is 13.2 Å². The lowest BCUT2D eigenvalue weighted by atomic mass is 9.93. The molecule has 7 nitrogen and oxygen atoms in total. The third-order valence-electron chi connectivity index (χ3n) is 3.23. The molecule has 0 aromatic carbocycles. The summed E-state index contributed by atoms with van der Waals surface area (Å²) in [6.07, 6.45) is 1.88. The van der Waals surface area contributed by atoms with Crippen LogP contribution in [0, 0.1) is 0 Å². The van der Waals surface area contributed by atoms with Crippen molar-refractivity contribution in [3.05, 3.63) is 5.89 Å². The Morgan fingerprint density at radius 3 is 2.84 bits per heavy atom. The fourth-order valence-electron chi connectivity index (χ4n) is 1.95. The molecule has 2 heterocycles. The maximum absolute atomic E-state index is 5.55. The molecule has 0 radical (unpaired) electrons. The van der Waals surface area contributed by atoms with E-state index < -0.39 is 0 Å². The summed E-state index contributed by atoms with van der Waals surface area (Å²) in [6.45, 7) is 5.66. The summed E-state index contributed by atoms with van der Waals surface area (Å²) in [7, 11) is 1.67. The molecule has 0 spiro atoms. The second kappa shape index (κ2) is 6.83. The first-order valence-electron chi connectivity index (χ1n) is 6.60. The summed E-state index contributed by atoms with van der Waals surface area (Å²) in [6, 6.07) is 0.480. The number of rotatable bonds is 7. The third kappa shape index (κ3) is 4.45. The van der Waals surface area contributed by atoms with Crippen LogP contribution in [0.4, 0.5) is 6.01 Å². The van der Waals surface area contributed by atoms with Gasteiger partial charge >= 0.3 is 6.01 Å². The van der Waals surface area contributed by atoms with Crippen molar-refractivity contribution in [1.82, 2.24) is 15.5 Å². The predicted octanol–water partition coefficient (Wildman–Crippen LogP) is 0.787. The van der Waals surface area contributed by atoms with E-state index in [1.807, 2.05) is 0 Å². The lowest BCUT2D eigenvalue weighted by Crippen LogP contribution is -2.40. The van der Waals surface area contributed by atoms with Crippen LogP contribution < -0.4 is 10.6 Å². The molecule has 0 aliphatic carbocycles. The van der Waals surface area contributed by atoms with Crippen molar-refractivity contribution in [3.63, 3.8) is 0 Å². The maximum atomic E-state index is 5.55. The number of nitrogens with zero attached hydrogens (tertiary/aromatic N) is 2. The van der Waals surface area contributed by atoms with E-state index in [-0.39, 0.29) is 5.54 Å². The van der Waals surface area contributed by atoms with Crippen LogP contribution in [0.5, 0.6) is 0 Å². The Labute approximate surface area is 113 Å². The Balaban J connectivity index is 1.79. The van der Waals surface area contributed by atoms with Gasteiger partial charge in [-0.05, 0) is 19.8 Å². The summed E-state index contributed by atoms with van der Waals surface area (Å²) in [5, 5.41) is 14.5. The Hall–Kier alpha value is -1.18. The largest absolute Gasteiger partial charge is 0.407 e. The molecule has 19 heavy (non-hydrogen) atoms. The quantitative estimate of drug-likeness (QED) is 0.709.